The molecule has 0 aromatic carbocycles. The van der Waals surface area contributed by atoms with Crippen LogP contribution in [0.25, 0.3) is 0 Å². The molecule has 0 aromatic rings. The van der Waals surface area contributed by atoms with Crippen molar-refractivity contribution in [3.8, 4) is 11.8 Å². The van der Waals surface area contributed by atoms with Crippen LogP contribution in [-0.2, 0) is 4.74 Å². The number of rotatable bonds is 2. The van der Waals surface area contributed by atoms with Crippen molar-refractivity contribution in [3.63, 3.8) is 0 Å². The normalized spacial score (nSPS) is 15.2. The zero-order chi connectivity index (χ0) is 8.04. The summed E-state index contributed by atoms with van der Waals surface area (Å²) in [5, 5.41) is 9.19. The molecule has 58 valence electrons. The van der Waals surface area contributed by atoms with E-state index in [0.29, 0.717) is 6.61 Å². The first-order valence-corrected chi connectivity index (χ1v) is 3.43. The van der Waals surface area contributed by atoms with Crippen LogP contribution in [0.4, 0.5) is 0 Å². The molecule has 0 saturated carbocycles. The minimum atomic E-state index is -1.08. The van der Waals surface area contributed by atoms with E-state index >= 15 is 0 Å². The van der Waals surface area contributed by atoms with Gasteiger partial charge in [0.2, 0.25) is 0 Å². The third-order valence-corrected chi connectivity index (χ3v) is 1.35. The Hall–Kier alpha value is -0.230. The fourth-order valence-electron chi connectivity index (χ4n) is 0.332. The molecule has 1 unspecified atom stereocenters. The average Bonchev–Trinajstić information content (AvgIpc) is 1.89. The van der Waals surface area contributed by atoms with Crippen molar-refractivity contribution < 1.29 is 9.84 Å². The van der Waals surface area contributed by atoms with Gasteiger partial charge in [-0.1, -0.05) is 11.8 Å². The molecule has 0 fully saturated rings. The summed E-state index contributed by atoms with van der Waals surface area (Å²) in [5.41, 5.74) is -1.08. The van der Waals surface area contributed by atoms with E-state index in [1.165, 1.54) is 0 Å². The Bertz CT molecular complexity index is 143. The molecule has 0 rings (SSSR count). The number of alkyl halides is 1. The van der Waals surface area contributed by atoms with E-state index in [0.717, 1.165) is 0 Å². The molecule has 0 aliphatic heterocycles. The van der Waals surface area contributed by atoms with Crippen LogP contribution in [0.5, 0.6) is 0 Å². The highest BCUT2D eigenvalue weighted by molar-refractivity contribution is 6.18. The maximum absolute atomic E-state index is 9.19. The highest BCUT2D eigenvalue weighted by Crippen LogP contribution is 2.02. The van der Waals surface area contributed by atoms with E-state index < -0.39 is 5.60 Å². The predicted octanol–water partition coefficient (Wildman–Crippen LogP) is 0.626. The summed E-state index contributed by atoms with van der Waals surface area (Å²) in [6, 6.07) is 0. The maximum Gasteiger partial charge on any atom is 0.136 e. The average molecular weight is 163 g/mol. The molecule has 0 spiro atoms. The van der Waals surface area contributed by atoms with Crippen molar-refractivity contribution in [3.05, 3.63) is 0 Å². The molecule has 0 aliphatic rings. The van der Waals surface area contributed by atoms with Crippen LogP contribution in [0.15, 0.2) is 0 Å². The van der Waals surface area contributed by atoms with Gasteiger partial charge in [-0.15, -0.1) is 11.6 Å². The Kier molecular flexibility index (Phi) is 4.46. The van der Waals surface area contributed by atoms with Crippen LogP contribution >= 0.6 is 11.6 Å². The van der Waals surface area contributed by atoms with Crippen molar-refractivity contribution in [1.82, 2.24) is 0 Å². The zero-order valence-electron chi connectivity index (χ0n) is 6.15. The summed E-state index contributed by atoms with van der Waals surface area (Å²) in [7, 11) is 1.55. The van der Waals surface area contributed by atoms with Crippen molar-refractivity contribution in [1.29, 1.82) is 0 Å². The maximum atomic E-state index is 9.19. The van der Waals surface area contributed by atoms with Crippen molar-refractivity contribution >= 4 is 11.6 Å². The largest absolute Gasteiger partial charge is 0.377 e. The van der Waals surface area contributed by atoms with Crippen molar-refractivity contribution in [2.75, 3.05) is 19.6 Å². The Labute approximate surface area is 66.1 Å². The Morgan fingerprint density at radius 2 is 2.30 bits per heavy atom. The van der Waals surface area contributed by atoms with Gasteiger partial charge in [-0.3, -0.25) is 0 Å². The Morgan fingerprint density at radius 3 is 2.70 bits per heavy atom. The first kappa shape index (κ1) is 9.77. The summed E-state index contributed by atoms with van der Waals surface area (Å²) in [6.07, 6.45) is 0. The van der Waals surface area contributed by atoms with Crippen molar-refractivity contribution in [2.45, 2.75) is 12.5 Å². The van der Waals surface area contributed by atoms with Crippen LogP contribution in [0.3, 0.4) is 0 Å². The van der Waals surface area contributed by atoms with Gasteiger partial charge < -0.3 is 9.84 Å². The van der Waals surface area contributed by atoms with Gasteiger partial charge in [-0.2, -0.15) is 0 Å². The molecule has 0 aromatic heterocycles. The number of ether oxygens (including phenoxy) is 1. The highest BCUT2D eigenvalue weighted by atomic mass is 35.5. The van der Waals surface area contributed by atoms with Crippen LogP contribution in [0.1, 0.15) is 6.92 Å². The van der Waals surface area contributed by atoms with Crippen LogP contribution in [0.2, 0.25) is 0 Å². The minimum absolute atomic E-state index is 0.115. The van der Waals surface area contributed by atoms with Crippen LogP contribution in [0, 0.1) is 11.8 Å². The van der Waals surface area contributed by atoms with E-state index in [4.69, 9.17) is 11.6 Å². The molecule has 10 heavy (non-hydrogen) atoms. The summed E-state index contributed by atoms with van der Waals surface area (Å²) in [6.45, 7) is 1.88. The molecule has 0 amide bonds. The molecular formula is C7H11ClO2. The van der Waals surface area contributed by atoms with Gasteiger partial charge in [0.15, 0.2) is 0 Å². The summed E-state index contributed by atoms with van der Waals surface area (Å²) >= 11 is 5.38. The number of aliphatic hydroxyl groups is 1. The Balaban J connectivity index is 3.77. The lowest BCUT2D eigenvalue weighted by atomic mass is 10.1. The highest BCUT2D eigenvalue weighted by Gasteiger charge is 2.13. The fraction of sp³-hybridized carbons (Fsp3) is 0.714. The predicted molar refractivity (Wildman–Crippen MR) is 41.0 cm³/mol. The third kappa shape index (κ3) is 4.63. The second-order valence-corrected chi connectivity index (χ2v) is 2.41. The number of hydrogen-bond acceptors (Lipinski definition) is 2. The smallest absolute Gasteiger partial charge is 0.136 e. The van der Waals surface area contributed by atoms with E-state index in [-0.39, 0.29) is 5.88 Å². The molecule has 0 aliphatic carbocycles. The van der Waals surface area contributed by atoms with Crippen LogP contribution in [-0.4, -0.2) is 30.3 Å². The molecule has 3 heteroatoms. The first-order chi connectivity index (χ1) is 4.62. The summed E-state index contributed by atoms with van der Waals surface area (Å²) < 4.78 is 4.65. The van der Waals surface area contributed by atoms with Crippen molar-refractivity contribution in [2.24, 2.45) is 0 Å². The standard InChI is InChI=1S/C7H11ClO2/c1-7(9,6-8)4-3-5-10-2/h9H,5-6H2,1-2H3. The second kappa shape index (κ2) is 4.56. The van der Waals surface area contributed by atoms with Gasteiger partial charge in [-0.05, 0) is 6.92 Å². The SMILES string of the molecule is COCC#CC(C)(O)CCl. The number of halogens is 1. The van der Waals surface area contributed by atoms with Gasteiger partial charge in [0, 0.05) is 7.11 Å². The lowest BCUT2D eigenvalue weighted by Gasteiger charge is -2.09. The lowest BCUT2D eigenvalue weighted by molar-refractivity contribution is 0.146. The molecule has 0 radical (unpaired) electrons. The molecular weight excluding hydrogens is 152 g/mol. The van der Waals surface area contributed by atoms with E-state index in [9.17, 15) is 5.11 Å². The van der Waals surface area contributed by atoms with Gasteiger partial charge in [0.05, 0.1) is 5.88 Å². The third-order valence-electron chi connectivity index (χ3n) is 0.834. The number of hydrogen-bond donors (Lipinski definition) is 1. The van der Waals surface area contributed by atoms with Gasteiger partial charge >= 0.3 is 0 Å². The van der Waals surface area contributed by atoms with E-state index in [1.807, 2.05) is 0 Å². The molecule has 2 nitrogen and oxygen atoms in total. The number of methoxy groups -OCH3 is 1. The molecule has 0 bridgehead atoms. The van der Waals surface area contributed by atoms with E-state index in [2.05, 4.69) is 16.6 Å². The molecule has 1 atom stereocenters. The monoisotopic (exact) mass is 162 g/mol. The molecule has 0 heterocycles. The summed E-state index contributed by atoms with van der Waals surface area (Å²) in [5.74, 6) is 5.29. The fourth-order valence-corrected chi connectivity index (χ4v) is 0.399. The zero-order valence-corrected chi connectivity index (χ0v) is 6.90. The van der Waals surface area contributed by atoms with E-state index in [1.54, 1.807) is 14.0 Å². The summed E-state index contributed by atoms with van der Waals surface area (Å²) in [4.78, 5) is 0. The lowest BCUT2D eigenvalue weighted by Crippen LogP contribution is -2.23. The second-order valence-electron chi connectivity index (χ2n) is 2.14. The molecule has 1 N–H and O–H groups in total. The van der Waals surface area contributed by atoms with Gasteiger partial charge in [0.25, 0.3) is 0 Å². The minimum Gasteiger partial charge on any atom is -0.377 e. The molecule has 0 saturated heterocycles. The Morgan fingerprint density at radius 1 is 1.70 bits per heavy atom. The quantitative estimate of drug-likeness (QED) is 0.477. The van der Waals surface area contributed by atoms with Gasteiger partial charge in [-0.25, -0.2) is 0 Å². The first-order valence-electron chi connectivity index (χ1n) is 2.89. The van der Waals surface area contributed by atoms with Crippen LogP contribution < -0.4 is 0 Å². The van der Waals surface area contributed by atoms with Gasteiger partial charge in [0.1, 0.15) is 12.2 Å². The topological polar surface area (TPSA) is 29.5 Å².